The summed E-state index contributed by atoms with van der Waals surface area (Å²) >= 11 is 0. The molecule has 2 rings (SSSR count). The van der Waals surface area contributed by atoms with Crippen LogP contribution in [-0.4, -0.2) is 35.7 Å². The number of ether oxygens (including phenoxy) is 1. The topological polar surface area (TPSA) is 83.2 Å². The minimum atomic E-state index is -0.471. The van der Waals surface area contributed by atoms with Gasteiger partial charge in [-0.1, -0.05) is 18.2 Å². The van der Waals surface area contributed by atoms with Crippen LogP contribution < -0.4 is 10.6 Å². The molecule has 0 atom stereocenters. The number of benzene rings is 1. The molecule has 0 unspecified atom stereocenters. The molecule has 0 radical (unpaired) electrons. The number of fused-ring (bicyclic) bond motifs is 1. The van der Waals surface area contributed by atoms with Crippen LogP contribution in [0.15, 0.2) is 30.5 Å². The van der Waals surface area contributed by atoms with Crippen molar-refractivity contribution in [1.29, 1.82) is 0 Å². The summed E-state index contributed by atoms with van der Waals surface area (Å²) < 4.78 is 5.17. The number of hydrogen-bond donors (Lipinski definition) is 3. The zero-order valence-electron chi connectivity index (χ0n) is 16.6. The van der Waals surface area contributed by atoms with Crippen LogP contribution in [0.25, 0.3) is 10.9 Å². The normalized spacial score (nSPS) is 11.4. The molecule has 0 bridgehead atoms. The molecule has 0 aliphatic carbocycles. The molecule has 1 aromatic heterocycles. The SMILES string of the molecule is CC(C)(C)OC(=O)NCCCCCNC(=O)CCc1c[nH]c2ccccc12. The fraction of sp³-hybridized carbons (Fsp3) is 0.524. The molecule has 6 heteroatoms. The first-order chi connectivity index (χ1) is 12.8. The van der Waals surface area contributed by atoms with Crippen molar-refractivity contribution >= 4 is 22.9 Å². The number of nitrogens with one attached hydrogen (secondary N) is 3. The molecular weight excluding hydrogens is 342 g/mol. The number of rotatable bonds is 9. The Bertz CT molecular complexity index is 746. The Balaban J connectivity index is 1.52. The van der Waals surface area contributed by atoms with Gasteiger partial charge in [-0.05, 0) is 58.1 Å². The molecule has 2 aromatic rings. The van der Waals surface area contributed by atoms with Gasteiger partial charge in [-0.15, -0.1) is 0 Å². The van der Waals surface area contributed by atoms with Gasteiger partial charge in [0, 0.05) is 36.6 Å². The third-order valence-electron chi connectivity index (χ3n) is 4.14. The number of aromatic nitrogens is 1. The van der Waals surface area contributed by atoms with Crippen molar-refractivity contribution in [3.63, 3.8) is 0 Å². The van der Waals surface area contributed by atoms with Crippen LogP contribution in [0.4, 0.5) is 4.79 Å². The predicted molar refractivity (Wildman–Crippen MR) is 108 cm³/mol. The maximum atomic E-state index is 12.0. The van der Waals surface area contributed by atoms with E-state index in [1.54, 1.807) is 0 Å². The molecule has 2 amide bonds. The monoisotopic (exact) mass is 373 g/mol. The number of aryl methyl sites for hydroxylation is 1. The second-order valence-corrected chi connectivity index (χ2v) is 7.70. The third kappa shape index (κ3) is 7.72. The Kier molecular flexibility index (Phi) is 7.70. The first-order valence-corrected chi connectivity index (χ1v) is 9.64. The highest BCUT2D eigenvalue weighted by Crippen LogP contribution is 2.18. The summed E-state index contributed by atoms with van der Waals surface area (Å²) in [6, 6.07) is 8.12. The van der Waals surface area contributed by atoms with E-state index in [1.807, 2.05) is 45.2 Å². The minimum absolute atomic E-state index is 0.0761. The second-order valence-electron chi connectivity index (χ2n) is 7.70. The van der Waals surface area contributed by atoms with Crippen LogP contribution in [-0.2, 0) is 16.0 Å². The van der Waals surface area contributed by atoms with E-state index in [0.29, 0.717) is 19.5 Å². The van der Waals surface area contributed by atoms with Gasteiger partial charge in [-0.25, -0.2) is 4.79 Å². The Morgan fingerprint density at radius 1 is 1.04 bits per heavy atom. The molecule has 3 N–H and O–H groups in total. The fourth-order valence-electron chi connectivity index (χ4n) is 2.83. The van der Waals surface area contributed by atoms with Crippen LogP contribution in [0.5, 0.6) is 0 Å². The summed E-state index contributed by atoms with van der Waals surface area (Å²) in [5.41, 5.74) is 1.81. The second kappa shape index (κ2) is 10.00. The van der Waals surface area contributed by atoms with E-state index in [0.717, 1.165) is 31.2 Å². The molecule has 0 aliphatic heterocycles. The lowest BCUT2D eigenvalue weighted by molar-refractivity contribution is -0.121. The first-order valence-electron chi connectivity index (χ1n) is 9.64. The summed E-state index contributed by atoms with van der Waals surface area (Å²) in [7, 11) is 0. The number of hydrogen-bond acceptors (Lipinski definition) is 3. The minimum Gasteiger partial charge on any atom is -0.444 e. The average molecular weight is 373 g/mol. The number of aromatic amines is 1. The van der Waals surface area contributed by atoms with Crippen molar-refractivity contribution in [3.8, 4) is 0 Å². The van der Waals surface area contributed by atoms with Crippen molar-refractivity contribution in [2.75, 3.05) is 13.1 Å². The van der Waals surface area contributed by atoms with Gasteiger partial charge in [0.1, 0.15) is 5.60 Å². The highest BCUT2D eigenvalue weighted by Gasteiger charge is 2.15. The molecule has 1 aromatic carbocycles. The number of H-pyrrole nitrogens is 1. The molecule has 148 valence electrons. The summed E-state index contributed by atoms with van der Waals surface area (Å²) in [5, 5.41) is 6.88. The fourth-order valence-corrected chi connectivity index (χ4v) is 2.83. The summed E-state index contributed by atoms with van der Waals surface area (Å²) in [6.07, 6.45) is 5.53. The van der Waals surface area contributed by atoms with E-state index >= 15 is 0 Å². The smallest absolute Gasteiger partial charge is 0.407 e. The standard InChI is InChI=1S/C21H31N3O3/c1-21(2,3)27-20(26)23-14-8-4-7-13-22-19(25)12-11-16-15-24-18-10-6-5-9-17(16)18/h5-6,9-10,15,24H,4,7-8,11-14H2,1-3H3,(H,22,25)(H,23,26). The van der Waals surface area contributed by atoms with Crippen LogP contribution in [0, 0.1) is 0 Å². The molecule has 1 heterocycles. The molecule has 0 aliphatic rings. The number of alkyl carbamates (subject to hydrolysis) is 1. The van der Waals surface area contributed by atoms with Crippen molar-refractivity contribution in [3.05, 3.63) is 36.0 Å². The largest absolute Gasteiger partial charge is 0.444 e. The maximum absolute atomic E-state index is 12.0. The van der Waals surface area contributed by atoms with Crippen LogP contribution >= 0.6 is 0 Å². The lowest BCUT2D eigenvalue weighted by Gasteiger charge is -2.19. The van der Waals surface area contributed by atoms with Crippen LogP contribution in [0.1, 0.15) is 52.0 Å². The van der Waals surface area contributed by atoms with Crippen molar-refractivity contribution < 1.29 is 14.3 Å². The Hall–Kier alpha value is -2.50. The number of carbonyl (C=O) groups is 2. The van der Waals surface area contributed by atoms with Crippen LogP contribution in [0.3, 0.4) is 0 Å². The molecule has 0 spiro atoms. The van der Waals surface area contributed by atoms with Gasteiger partial charge in [0.05, 0.1) is 0 Å². The molecular formula is C21H31N3O3. The van der Waals surface area contributed by atoms with Gasteiger partial charge in [-0.2, -0.15) is 0 Å². The maximum Gasteiger partial charge on any atom is 0.407 e. The van der Waals surface area contributed by atoms with Gasteiger partial charge >= 0.3 is 6.09 Å². The summed E-state index contributed by atoms with van der Waals surface area (Å²) in [4.78, 5) is 26.7. The van der Waals surface area contributed by atoms with Gasteiger partial charge in [0.2, 0.25) is 5.91 Å². The van der Waals surface area contributed by atoms with Gasteiger partial charge in [0.25, 0.3) is 0 Å². The third-order valence-corrected chi connectivity index (χ3v) is 4.14. The molecule has 0 saturated carbocycles. The van der Waals surface area contributed by atoms with Crippen molar-refractivity contribution in [2.45, 2.75) is 58.5 Å². The van der Waals surface area contributed by atoms with E-state index in [1.165, 1.54) is 10.9 Å². The first kappa shape index (κ1) is 20.8. The highest BCUT2D eigenvalue weighted by atomic mass is 16.6. The number of carbonyl (C=O) groups excluding carboxylic acids is 2. The van der Waals surface area contributed by atoms with E-state index < -0.39 is 5.60 Å². The quantitative estimate of drug-likeness (QED) is 0.583. The Morgan fingerprint density at radius 2 is 1.74 bits per heavy atom. The average Bonchev–Trinajstić information content (AvgIpc) is 3.01. The zero-order valence-corrected chi connectivity index (χ0v) is 16.6. The number of para-hydroxylation sites is 1. The van der Waals surface area contributed by atoms with Gasteiger partial charge in [-0.3, -0.25) is 4.79 Å². The molecule has 6 nitrogen and oxygen atoms in total. The zero-order chi connectivity index (χ0) is 19.7. The van der Waals surface area contributed by atoms with E-state index in [9.17, 15) is 9.59 Å². The predicted octanol–water partition coefficient (Wildman–Crippen LogP) is 3.91. The molecule has 0 saturated heterocycles. The molecule has 0 fully saturated rings. The Labute approximate surface area is 161 Å². The van der Waals surface area contributed by atoms with E-state index in [4.69, 9.17) is 4.74 Å². The van der Waals surface area contributed by atoms with Crippen molar-refractivity contribution in [2.24, 2.45) is 0 Å². The lowest BCUT2D eigenvalue weighted by atomic mass is 10.1. The van der Waals surface area contributed by atoms with E-state index in [-0.39, 0.29) is 12.0 Å². The number of amides is 2. The Morgan fingerprint density at radius 3 is 2.48 bits per heavy atom. The summed E-state index contributed by atoms with van der Waals surface area (Å²) in [6.45, 7) is 6.78. The highest BCUT2D eigenvalue weighted by molar-refractivity contribution is 5.84. The van der Waals surface area contributed by atoms with Gasteiger partial charge in [0.15, 0.2) is 0 Å². The van der Waals surface area contributed by atoms with Gasteiger partial charge < -0.3 is 20.4 Å². The van der Waals surface area contributed by atoms with E-state index in [2.05, 4.69) is 21.7 Å². The summed E-state index contributed by atoms with van der Waals surface area (Å²) in [5.74, 6) is 0.0761. The van der Waals surface area contributed by atoms with Crippen LogP contribution in [0.2, 0.25) is 0 Å². The molecule has 27 heavy (non-hydrogen) atoms. The lowest BCUT2D eigenvalue weighted by Crippen LogP contribution is -2.33. The number of unbranched alkanes of at least 4 members (excludes halogenated alkanes) is 2. The van der Waals surface area contributed by atoms with Crippen molar-refractivity contribution in [1.82, 2.24) is 15.6 Å².